The van der Waals surface area contributed by atoms with E-state index < -0.39 is 0 Å². The Morgan fingerprint density at radius 3 is 2.45 bits per heavy atom. The number of para-hydroxylation sites is 1. The average molecular weight is 415 g/mol. The van der Waals surface area contributed by atoms with Crippen molar-refractivity contribution in [3.05, 3.63) is 95.9 Å². The predicted molar refractivity (Wildman–Crippen MR) is 120 cm³/mol. The molecule has 0 saturated carbocycles. The second-order valence-electron chi connectivity index (χ2n) is 7.41. The van der Waals surface area contributed by atoms with Crippen molar-refractivity contribution < 1.29 is 14.3 Å². The lowest BCUT2D eigenvalue weighted by Gasteiger charge is -2.17. The highest BCUT2D eigenvalue weighted by molar-refractivity contribution is 5.94. The van der Waals surface area contributed by atoms with E-state index in [1.54, 1.807) is 24.1 Å². The number of ether oxygens (including phenoxy) is 2. The van der Waals surface area contributed by atoms with Gasteiger partial charge in [0.1, 0.15) is 30.4 Å². The molecule has 6 nitrogen and oxygen atoms in total. The first kappa shape index (κ1) is 20.5. The van der Waals surface area contributed by atoms with E-state index in [1.807, 2.05) is 78.3 Å². The largest absolute Gasteiger partial charge is 0.492 e. The van der Waals surface area contributed by atoms with E-state index in [-0.39, 0.29) is 5.91 Å². The molecule has 31 heavy (non-hydrogen) atoms. The van der Waals surface area contributed by atoms with Crippen molar-refractivity contribution in [3.63, 3.8) is 0 Å². The molecule has 2 aromatic heterocycles. The molecule has 158 valence electrons. The number of rotatable bonds is 8. The summed E-state index contributed by atoms with van der Waals surface area (Å²) in [6.45, 7) is 3.35. The molecule has 0 N–H and O–H groups in total. The van der Waals surface area contributed by atoms with Crippen LogP contribution < -0.4 is 9.47 Å². The van der Waals surface area contributed by atoms with E-state index >= 15 is 0 Å². The average Bonchev–Trinajstić information content (AvgIpc) is 3.20. The summed E-state index contributed by atoms with van der Waals surface area (Å²) in [5.74, 6) is 1.43. The van der Waals surface area contributed by atoms with Crippen LogP contribution in [0.4, 0.5) is 0 Å². The Morgan fingerprint density at radius 2 is 1.68 bits per heavy atom. The summed E-state index contributed by atoms with van der Waals surface area (Å²) in [7, 11) is 1.77. The molecule has 0 aliphatic rings. The van der Waals surface area contributed by atoms with Gasteiger partial charge >= 0.3 is 0 Å². The lowest BCUT2D eigenvalue weighted by atomic mass is 10.2. The lowest BCUT2D eigenvalue weighted by Crippen LogP contribution is -2.30. The van der Waals surface area contributed by atoms with Crippen molar-refractivity contribution in [2.45, 2.75) is 13.5 Å². The van der Waals surface area contributed by atoms with Crippen molar-refractivity contribution in [1.29, 1.82) is 0 Å². The number of imidazole rings is 1. The highest BCUT2D eigenvalue weighted by atomic mass is 16.5. The summed E-state index contributed by atoms with van der Waals surface area (Å²) in [5, 5.41) is 0. The number of nitrogens with zero attached hydrogens (tertiary/aromatic N) is 3. The van der Waals surface area contributed by atoms with Crippen LogP contribution in [0.1, 0.15) is 21.6 Å². The van der Waals surface area contributed by atoms with Gasteiger partial charge in [0.15, 0.2) is 0 Å². The van der Waals surface area contributed by atoms with Gasteiger partial charge in [0, 0.05) is 25.0 Å². The van der Waals surface area contributed by atoms with Crippen molar-refractivity contribution in [1.82, 2.24) is 14.3 Å². The smallest absolute Gasteiger partial charge is 0.253 e. The van der Waals surface area contributed by atoms with Gasteiger partial charge in [-0.3, -0.25) is 4.79 Å². The topological polar surface area (TPSA) is 56.1 Å². The Morgan fingerprint density at radius 1 is 0.935 bits per heavy atom. The molecule has 1 amide bonds. The van der Waals surface area contributed by atoms with Crippen LogP contribution in [0.5, 0.6) is 11.5 Å². The Bertz CT molecular complexity index is 1150. The minimum atomic E-state index is -0.0565. The fourth-order valence-corrected chi connectivity index (χ4v) is 3.22. The first-order valence-corrected chi connectivity index (χ1v) is 10.2. The van der Waals surface area contributed by atoms with Crippen molar-refractivity contribution >= 4 is 11.6 Å². The van der Waals surface area contributed by atoms with Crippen molar-refractivity contribution in [2.75, 3.05) is 20.2 Å². The number of carbonyl (C=O) groups is 1. The molecule has 0 aliphatic heterocycles. The first-order valence-electron chi connectivity index (χ1n) is 10.2. The van der Waals surface area contributed by atoms with Crippen LogP contribution in [0.3, 0.4) is 0 Å². The number of aryl methyl sites for hydroxylation is 1. The number of aromatic nitrogens is 2. The predicted octanol–water partition coefficient (Wildman–Crippen LogP) is 4.37. The van der Waals surface area contributed by atoms with E-state index in [1.165, 1.54) is 5.56 Å². The quantitative estimate of drug-likeness (QED) is 0.429. The molecule has 0 spiro atoms. The molecule has 0 bridgehead atoms. The Labute approximate surface area is 181 Å². The van der Waals surface area contributed by atoms with E-state index in [2.05, 4.69) is 4.98 Å². The van der Waals surface area contributed by atoms with Gasteiger partial charge in [-0.05, 0) is 55.0 Å². The zero-order valence-corrected chi connectivity index (χ0v) is 17.7. The highest BCUT2D eigenvalue weighted by Crippen LogP contribution is 2.16. The van der Waals surface area contributed by atoms with Gasteiger partial charge in [0.2, 0.25) is 0 Å². The number of pyridine rings is 1. The van der Waals surface area contributed by atoms with Crippen LogP contribution in [0.25, 0.3) is 5.65 Å². The summed E-state index contributed by atoms with van der Waals surface area (Å²) < 4.78 is 13.5. The SMILES string of the molecule is Cc1ccc2nc(COc3ccc(C(=O)N(C)CCOc4ccccc4)cc3)cn2c1. The molecule has 4 aromatic rings. The molecule has 0 radical (unpaired) electrons. The lowest BCUT2D eigenvalue weighted by molar-refractivity contribution is 0.0773. The monoisotopic (exact) mass is 415 g/mol. The van der Waals surface area contributed by atoms with E-state index in [9.17, 15) is 4.79 Å². The van der Waals surface area contributed by atoms with Crippen molar-refractivity contribution in [2.24, 2.45) is 0 Å². The van der Waals surface area contributed by atoms with Crippen molar-refractivity contribution in [3.8, 4) is 11.5 Å². The molecule has 0 fully saturated rings. The number of fused-ring (bicyclic) bond motifs is 1. The van der Waals surface area contributed by atoms with E-state index in [0.717, 1.165) is 17.1 Å². The third kappa shape index (κ3) is 5.22. The molecule has 6 heteroatoms. The van der Waals surface area contributed by atoms with Gasteiger partial charge in [-0.25, -0.2) is 4.98 Å². The van der Waals surface area contributed by atoms with E-state index in [4.69, 9.17) is 9.47 Å². The van der Waals surface area contributed by atoms with Crippen LogP contribution in [-0.4, -0.2) is 40.4 Å². The standard InChI is InChI=1S/C25H25N3O3/c1-19-8-13-24-26-21(17-28(24)16-19)18-31-23-11-9-20(10-12-23)25(29)27(2)14-15-30-22-6-4-3-5-7-22/h3-13,16-17H,14-15,18H2,1-2H3. The Kier molecular flexibility index (Phi) is 6.17. The third-order valence-electron chi connectivity index (χ3n) is 4.92. The van der Waals surface area contributed by atoms with Gasteiger partial charge in [0.25, 0.3) is 5.91 Å². The summed E-state index contributed by atoms with van der Waals surface area (Å²) in [4.78, 5) is 18.8. The van der Waals surface area contributed by atoms with Crippen LogP contribution in [-0.2, 0) is 6.61 Å². The molecular weight excluding hydrogens is 390 g/mol. The first-order chi connectivity index (χ1) is 15.1. The Balaban J connectivity index is 1.28. The van der Waals surface area contributed by atoms with Gasteiger partial charge in [-0.2, -0.15) is 0 Å². The van der Waals surface area contributed by atoms with Gasteiger partial charge < -0.3 is 18.8 Å². The maximum atomic E-state index is 12.6. The normalized spacial score (nSPS) is 10.8. The molecule has 0 aliphatic carbocycles. The summed E-state index contributed by atoms with van der Waals surface area (Å²) in [6, 6.07) is 20.8. The molecular formula is C25H25N3O3. The fourth-order valence-electron chi connectivity index (χ4n) is 3.22. The minimum absolute atomic E-state index is 0.0565. The zero-order chi connectivity index (χ0) is 21.6. The third-order valence-corrected chi connectivity index (χ3v) is 4.92. The Hall–Kier alpha value is -3.80. The molecule has 2 heterocycles. The molecule has 4 rings (SSSR count). The zero-order valence-electron chi connectivity index (χ0n) is 17.7. The summed E-state index contributed by atoms with van der Waals surface area (Å²) in [6.07, 6.45) is 4.00. The van der Waals surface area contributed by atoms with Gasteiger partial charge in [-0.15, -0.1) is 0 Å². The molecule has 2 aromatic carbocycles. The second kappa shape index (κ2) is 9.34. The number of hydrogen-bond acceptors (Lipinski definition) is 4. The minimum Gasteiger partial charge on any atom is -0.492 e. The maximum Gasteiger partial charge on any atom is 0.253 e. The highest BCUT2D eigenvalue weighted by Gasteiger charge is 2.12. The maximum absolute atomic E-state index is 12.6. The number of carbonyl (C=O) groups excluding carboxylic acids is 1. The summed E-state index contributed by atoms with van der Waals surface area (Å²) in [5.41, 5.74) is 3.53. The number of hydrogen-bond donors (Lipinski definition) is 0. The van der Waals surface area contributed by atoms with E-state index in [0.29, 0.717) is 31.1 Å². The fraction of sp³-hybridized carbons (Fsp3) is 0.200. The molecule has 0 unspecified atom stereocenters. The number of likely N-dealkylation sites (N-methyl/N-ethyl adjacent to an activating group) is 1. The molecule has 0 atom stereocenters. The number of benzene rings is 2. The second-order valence-corrected chi connectivity index (χ2v) is 7.41. The van der Waals surface area contributed by atoms with Crippen LogP contribution in [0.15, 0.2) is 79.1 Å². The van der Waals surface area contributed by atoms with Crippen LogP contribution in [0, 0.1) is 6.92 Å². The van der Waals surface area contributed by atoms with Gasteiger partial charge in [-0.1, -0.05) is 24.3 Å². The number of amides is 1. The summed E-state index contributed by atoms with van der Waals surface area (Å²) >= 11 is 0. The van der Waals surface area contributed by atoms with Gasteiger partial charge in [0.05, 0.1) is 12.2 Å². The van der Waals surface area contributed by atoms with Crippen LogP contribution in [0.2, 0.25) is 0 Å². The molecule has 0 saturated heterocycles. The van der Waals surface area contributed by atoms with Crippen LogP contribution >= 0.6 is 0 Å².